The Balaban J connectivity index is 1.33. The normalized spacial score (nSPS) is 18.3. The van der Waals surface area contributed by atoms with E-state index in [0.717, 1.165) is 22.3 Å². The van der Waals surface area contributed by atoms with E-state index in [-0.39, 0.29) is 24.0 Å². The van der Waals surface area contributed by atoms with E-state index in [2.05, 4.69) is 5.32 Å². The summed E-state index contributed by atoms with van der Waals surface area (Å²) >= 11 is 7.52. The number of benzene rings is 1. The third kappa shape index (κ3) is 4.57. The number of piperidine rings is 1. The number of fused-ring (bicyclic) bond motifs is 1. The summed E-state index contributed by atoms with van der Waals surface area (Å²) in [5.41, 5.74) is 3.97. The summed E-state index contributed by atoms with van der Waals surface area (Å²) in [5, 5.41) is 4.97. The lowest BCUT2D eigenvalue weighted by Crippen LogP contribution is -2.52. The van der Waals surface area contributed by atoms with Crippen LogP contribution in [0.15, 0.2) is 23.6 Å². The maximum absolute atomic E-state index is 12.8. The minimum Gasteiger partial charge on any atom is -0.321 e. The first-order chi connectivity index (χ1) is 14.8. The number of hydrogen-bond acceptors (Lipinski definition) is 5. The van der Waals surface area contributed by atoms with Crippen molar-refractivity contribution in [2.24, 2.45) is 0 Å². The SMILES string of the molecule is Cc1ccc(CCC(=O)CCc2csc3c2CN(C2CCC(=O)NC2=O)C3=O)cc1Cl. The van der Waals surface area contributed by atoms with Crippen molar-refractivity contribution in [2.45, 2.75) is 58.0 Å². The molecule has 4 rings (SSSR count). The molecule has 1 atom stereocenters. The molecule has 1 fully saturated rings. The molecule has 3 heterocycles. The first kappa shape index (κ1) is 21.7. The number of nitrogens with one attached hydrogen (secondary N) is 1. The number of hydrogen-bond donors (Lipinski definition) is 1. The van der Waals surface area contributed by atoms with Gasteiger partial charge in [-0.05, 0) is 59.9 Å². The van der Waals surface area contributed by atoms with E-state index in [1.54, 1.807) is 4.90 Å². The molecule has 6 nitrogen and oxygen atoms in total. The van der Waals surface area contributed by atoms with Crippen LogP contribution in [0.4, 0.5) is 0 Å². The van der Waals surface area contributed by atoms with Gasteiger partial charge < -0.3 is 4.90 Å². The molecule has 1 aromatic heterocycles. The van der Waals surface area contributed by atoms with Gasteiger partial charge in [-0.2, -0.15) is 0 Å². The fourth-order valence-electron chi connectivity index (χ4n) is 4.06. The molecule has 0 radical (unpaired) electrons. The van der Waals surface area contributed by atoms with Gasteiger partial charge in [-0.3, -0.25) is 24.5 Å². The van der Waals surface area contributed by atoms with Crippen molar-refractivity contribution in [3.05, 3.63) is 55.7 Å². The minimum absolute atomic E-state index is 0.164. The second-order valence-corrected chi connectivity index (χ2v) is 9.38. The highest BCUT2D eigenvalue weighted by atomic mass is 35.5. The van der Waals surface area contributed by atoms with Crippen LogP contribution in [0, 0.1) is 6.92 Å². The highest BCUT2D eigenvalue weighted by molar-refractivity contribution is 7.12. The summed E-state index contributed by atoms with van der Waals surface area (Å²) in [7, 11) is 0. The van der Waals surface area contributed by atoms with Gasteiger partial charge in [-0.15, -0.1) is 11.3 Å². The largest absolute Gasteiger partial charge is 0.321 e. The van der Waals surface area contributed by atoms with Crippen LogP contribution in [0.25, 0.3) is 0 Å². The molecule has 0 saturated carbocycles. The average Bonchev–Trinajstić information content (AvgIpc) is 3.27. The number of carbonyl (C=O) groups is 4. The number of rotatable bonds is 7. The minimum atomic E-state index is -0.611. The molecule has 1 N–H and O–H groups in total. The van der Waals surface area contributed by atoms with Crippen LogP contribution in [-0.2, 0) is 33.8 Å². The number of halogens is 1. The molecule has 3 amide bonds. The Morgan fingerprint density at radius 1 is 1.23 bits per heavy atom. The average molecular weight is 459 g/mol. The number of ketones is 1. The third-order valence-electron chi connectivity index (χ3n) is 5.95. The maximum atomic E-state index is 12.8. The Morgan fingerprint density at radius 3 is 2.74 bits per heavy atom. The highest BCUT2D eigenvalue weighted by Gasteiger charge is 2.40. The number of amides is 3. The summed E-state index contributed by atoms with van der Waals surface area (Å²) < 4.78 is 0. The fourth-order valence-corrected chi connectivity index (χ4v) is 5.34. The number of imide groups is 1. The Morgan fingerprint density at radius 2 is 2.00 bits per heavy atom. The van der Waals surface area contributed by atoms with E-state index in [1.807, 2.05) is 30.5 Å². The predicted molar refractivity (Wildman–Crippen MR) is 118 cm³/mol. The van der Waals surface area contributed by atoms with E-state index in [9.17, 15) is 19.2 Å². The molecule has 1 aromatic carbocycles. The number of aryl methyl sites for hydroxylation is 3. The first-order valence-corrected chi connectivity index (χ1v) is 11.6. The quantitative estimate of drug-likeness (QED) is 0.642. The van der Waals surface area contributed by atoms with Crippen molar-refractivity contribution in [3.8, 4) is 0 Å². The molecule has 2 aliphatic heterocycles. The lowest BCUT2D eigenvalue weighted by Gasteiger charge is -2.29. The molecular weight excluding hydrogens is 436 g/mol. The molecule has 1 unspecified atom stereocenters. The predicted octanol–water partition coefficient (Wildman–Crippen LogP) is 3.61. The van der Waals surface area contributed by atoms with E-state index in [0.29, 0.717) is 48.5 Å². The van der Waals surface area contributed by atoms with Gasteiger partial charge in [0.1, 0.15) is 11.8 Å². The van der Waals surface area contributed by atoms with Crippen molar-refractivity contribution in [2.75, 3.05) is 0 Å². The summed E-state index contributed by atoms with van der Waals surface area (Å²) in [4.78, 5) is 50.9. The molecule has 31 heavy (non-hydrogen) atoms. The standard InChI is InChI=1S/C23H23ClN2O4S/c1-13-2-3-14(10-18(13)24)4-6-16(27)7-5-15-12-31-21-17(15)11-26(23(21)30)19-8-9-20(28)25-22(19)29/h2-3,10,12,19H,4-9,11H2,1H3,(H,25,28,29). The van der Waals surface area contributed by atoms with Gasteiger partial charge in [0.25, 0.3) is 5.91 Å². The summed E-state index contributed by atoms with van der Waals surface area (Å²) in [6.45, 7) is 2.30. The van der Waals surface area contributed by atoms with Gasteiger partial charge >= 0.3 is 0 Å². The van der Waals surface area contributed by atoms with Crippen molar-refractivity contribution >= 4 is 46.4 Å². The molecule has 2 aliphatic rings. The Hall–Kier alpha value is -2.51. The van der Waals surface area contributed by atoms with Crippen LogP contribution in [0.1, 0.15) is 57.6 Å². The maximum Gasteiger partial charge on any atom is 0.265 e. The van der Waals surface area contributed by atoms with Gasteiger partial charge in [0.05, 0.1) is 4.88 Å². The lowest BCUT2D eigenvalue weighted by molar-refractivity contribution is -0.137. The number of carbonyl (C=O) groups excluding carboxylic acids is 4. The fraction of sp³-hybridized carbons (Fsp3) is 0.391. The zero-order valence-electron chi connectivity index (χ0n) is 17.2. The van der Waals surface area contributed by atoms with Crippen LogP contribution < -0.4 is 5.32 Å². The topological polar surface area (TPSA) is 83.6 Å². The Kier molecular flexibility index (Phi) is 6.25. The van der Waals surface area contributed by atoms with Crippen molar-refractivity contribution in [3.63, 3.8) is 0 Å². The van der Waals surface area contributed by atoms with Gasteiger partial charge in [0.15, 0.2) is 0 Å². The smallest absolute Gasteiger partial charge is 0.265 e. The molecule has 1 saturated heterocycles. The van der Waals surface area contributed by atoms with E-state index < -0.39 is 11.9 Å². The van der Waals surface area contributed by atoms with Crippen LogP contribution in [-0.4, -0.2) is 34.4 Å². The van der Waals surface area contributed by atoms with E-state index in [4.69, 9.17) is 11.6 Å². The van der Waals surface area contributed by atoms with Gasteiger partial charge in [-0.25, -0.2) is 0 Å². The van der Waals surface area contributed by atoms with Crippen LogP contribution in [0.5, 0.6) is 0 Å². The van der Waals surface area contributed by atoms with Gasteiger partial charge in [-0.1, -0.05) is 23.7 Å². The second-order valence-electron chi connectivity index (χ2n) is 8.09. The molecule has 0 aliphatic carbocycles. The zero-order valence-corrected chi connectivity index (χ0v) is 18.8. The van der Waals surface area contributed by atoms with Crippen molar-refractivity contribution in [1.29, 1.82) is 0 Å². The van der Waals surface area contributed by atoms with E-state index >= 15 is 0 Å². The van der Waals surface area contributed by atoms with Crippen LogP contribution >= 0.6 is 22.9 Å². The second kappa shape index (κ2) is 8.93. The lowest BCUT2D eigenvalue weighted by atomic mass is 10.0. The first-order valence-electron chi connectivity index (χ1n) is 10.3. The van der Waals surface area contributed by atoms with Crippen molar-refractivity contribution < 1.29 is 19.2 Å². The molecular formula is C23H23ClN2O4S. The van der Waals surface area contributed by atoms with Crippen molar-refractivity contribution in [1.82, 2.24) is 10.2 Å². The van der Waals surface area contributed by atoms with Gasteiger partial charge in [0.2, 0.25) is 11.8 Å². The van der Waals surface area contributed by atoms with E-state index in [1.165, 1.54) is 11.3 Å². The monoisotopic (exact) mass is 458 g/mol. The number of Topliss-reactive ketones (excluding diaryl/α,β-unsaturated/α-hetero) is 1. The van der Waals surface area contributed by atoms with Gasteiger partial charge in [0, 0.05) is 30.8 Å². The highest BCUT2D eigenvalue weighted by Crippen LogP contribution is 2.34. The summed E-state index contributed by atoms with van der Waals surface area (Å²) in [5.74, 6) is -0.700. The summed E-state index contributed by atoms with van der Waals surface area (Å²) in [6, 6.07) is 5.25. The Bertz CT molecular complexity index is 1080. The zero-order chi connectivity index (χ0) is 22.1. The van der Waals surface area contributed by atoms with Crippen LogP contribution in [0.3, 0.4) is 0 Å². The third-order valence-corrected chi connectivity index (χ3v) is 7.42. The Labute approximate surface area is 189 Å². The molecule has 0 bridgehead atoms. The molecule has 0 spiro atoms. The van der Waals surface area contributed by atoms with Crippen LogP contribution in [0.2, 0.25) is 5.02 Å². The summed E-state index contributed by atoms with van der Waals surface area (Å²) in [6.07, 6.45) is 2.68. The molecule has 162 valence electrons. The number of thiophene rings is 1. The molecule has 8 heteroatoms. The molecule has 2 aromatic rings. The number of nitrogens with zero attached hydrogens (tertiary/aromatic N) is 1.